The fourth-order valence-electron chi connectivity index (χ4n) is 1.77. The van der Waals surface area contributed by atoms with Crippen LogP contribution in [0.25, 0.3) is 0 Å². The zero-order valence-electron chi connectivity index (χ0n) is 13.5. The Balaban J connectivity index is 2.65. The Morgan fingerprint density at radius 2 is 2.00 bits per heavy atom. The molecular weight excluding hydrogens is 269 g/mol. The second-order valence-electron chi connectivity index (χ2n) is 5.61. The Kier molecular flexibility index (Phi) is 6.62. The molecule has 21 heavy (non-hydrogen) atoms. The van der Waals surface area contributed by atoms with Crippen LogP contribution in [0.4, 0.5) is 15.8 Å². The molecule has 0 bridgehead atoms. The Morgan fingerprint density at radius 1 is 1.33 bits per heavy atom. The number of anilines is 2. The van der Waals surface area contributed by atoms with E-state index in [2.05, 4.69) is 17.6 Å². The van der Waals surface area contributed by atoms with E-state index in [9.17, 15) is 9.18 Å². The zero-order valence-corrected chi connectivity index (χ0v) is 13.5. The smallest absolute Gasteiger partial charge is 0.238 e. The average Bonchev–Trinajstić information content (AvgIpc) is 2.44. The van der Waals surface area contributed by atoms with E-state index in [1.54, 1.807) is 12.1 Å². The van der Waals surface area contributed by atoms with Crippen molar-refractivity contribution in [3.8, 4) is 0 Å². The summed E-state index contributed by atoms with van der Waals surface area (Å²) in [6.07, 6.45) is 0.956. The van der Waals surface area contributed by atoms with E-state index in [0.717, 1.165) is 6.42 Å². The predicted octanol–water partition coefficient (Wildman–Crippen LogP) is 3.00. The number of nitrogens with zero attached hydrogens (tertiary/aromatic N) is 1. The Labute approximate surface area is 126 Å². The first-order valence-electron chi connectivity index (χ1n) is 7.40. The van der Waals surface area contributed by atoms with Gasteiger partial charge < -0.3 is 15.5 Å². The molecule has 0 saturated heterocycles. The number of hydrogen-bond acceptors (Lipinski definition) is 3. The summed E-state index contributed by atoms with van der Waals surface area (Å²) < 4.78 is 14.1. The maximum absolute atomic E-state index is 14.1. The Bertz CT molecular complexity index is 477. The summed E-state index contributed by atoms with van der Waals surface area (Å²) in [6, 6.07) is 5.26. The zero-order chi connectivity index (χ0) is 16.0. The molecule has 0 spiro atoms. The van der Waals surface area contributed by atoms with Crippen LogP contribution in [0.5, 0.6) is 0 Å². The number of benzene rings is 1. The van der Waals surface area contributed by atoms with Crippen molar-refractivity contribution in [2.75, 3.05) is 23.8 Å². The van der Waals surface area contributed by atoms with E-state index in [0.29, 0.717) is 11.4 Å². The highest BCUT2D eigenvalue weighted by atomic mass is 19.1. The molecule has 0 aliphatic carbocycles. The molecule has 0 heterocycles. The summed E-state index contributed by atoms with van der Waals surface area (Å²) in [5, 5.41) is 5.80. The van der Waals surface area contributed by atoms with Gasteiger partial charge in [-0.05, 0) is 45.4 Å². The Morgan fingerprint density at radius 3 is 2.52 bits per heavy atom. The third kappa shape index (κ3) is 5.34. The summed E-state index contributed by atoms with van der Waals surface area (Å²) in [6.45, 7) is 8.29. The summed E-state index contributed by atoms with van der Waals surface area (Å²) in [5.41, 5.74) is 1.00. The van der Waals surface area contributed by atoms with Crippen LogP contribution in [0.1, 0.15) is 34.1 Å². The number of hydrogen-bond donors (Lipinski definition) is 2. The van der Waals surface area contributed by atoms with Gasteiger partial charge in [-0.25, -0.2) is 4.39 Å². The molecule has 1 aromatic rings. The maximum atomic E-state index is 14.1. The summed E-state index contributed by atoms with van der Waals surface area (Å²) in [5.74, 6) is -0.501. The van der Waals surface area contributed by atoms with Gasteiger partial charge in [-0.1, -0.05) is 6.92 Å². The number of halogens is 1. The molecule has 1 atom stereocenters. The molecule has 0 aromatic heterocycles. The molecule has 1 unspecified atom stereocenters. The van der Waals surface area contributed by atoms with E-state index in [4.69, 9.17) is 0 Å². The fourth-order valence-corrected chi connectivity index (χ4v) is 1.77. The first kappa shape index (κ1) is 17.4. The summed E-state index contributed by atoms with van der Waals surface area (Å²) in [7, 11) is 1.84. The number of carbonyl (C=O) groups is 1. The minimum Gasteiger partial charge on any atom is -0.370 e. The van der Waals surface area contributed by atoms with Crippen molar-refractivity contribution >= 4 is 17.3 Å². The van der Waals surface area contributed by atoms with Crippen LogP contribution in [0, 0.1) is 5.82 Å². The van der Waals surface area contributed by atoms with Crippen molar-refractivity contribution < 1.29 is 9.18 Å². The van der Waals surface area contributed by atoms with Gasteiger partial charge in [-0.3, -0.25) is 4.79 Å². The van der Waals surface area contributed by atoms with E-state index in [1.165, 1.54) is 6.07 Å². The lowest BCUT2D eigenvalue weighted by molar-refractivity contribution is -0.115. The van der Waals surface area contributed by atoms with Crippen molar-refractivity contribution in [1.29, 1.82) is 0 Å². The minimum absolute atomic E-state index is 0.167. The van der Waals surface area contributed by atoms with Gasteiger partial charge in [0.05, 0.1) is 12.2 Å². The SMILES string of the molecule is CCC(C)NCC(=O)Nc1ccc(N(C)C(C)C)c(F)c1. The van der Waals surface area contributed by atoms with Gasteiger partial charge in [-0.15, -0.1) is 0 Å². The van der Waals surface area contributed by atoms with Crippen LogP contribution in [0.15, 0.2) is 18.2 Å². The molecule has 2 N–H and O–H groups in total. The molecule has 0 aliphatic heterocycles. The lowest BCUT2D eigenvalue weighted by atomic mass is 10.2. The number of nitrogens with one attached hydrogen (secondary N) is 2. The third-order valence-corrected chi connectivity index (χ3v) is 3.61. The van der Waals surface area contributed by atoms with Gasteiger partial charge in [0.15, 0.2) is 0 Å². The second kappa shape index (κ2) is 7.98. The standard InChI is InChI=1S/C16H26FN3O/c1-6-12(4)18-10-16(21)19-13-7-8-15(14(17)9-13)20(5)11(2)3/h7-9,11-12,18H,6,10H2,1-5H3,(H,19,21). The lowest BCUT2D eigenvalue weighted by Gasteiger charge is -2.24. The lowest BCUT2D eigenvalue weighted by Crippen LogP contribution is -2.34. The fraction of sp³-hybridized carbons (Fsp3) is 0.562. The van der Waals surface area contributed by atoms with E-state index >= 15 is 0 Å². The van der Waals surface area contributed by atoms with E-state index < -0.39 is 0 Å². The molecular formula is C16H26FN3O. The number of rotatable bonds is 7. The van der Waals surface area contributed by atoms with Crippen LogP contribution in [-0.4, -0.2) is 31.6 Å². The van der Waals surface area contributed by atoms with Crippen molar-refractivity contribution in [2.24, 2.45) is 0 Å². The van der Waals surface area contributed by atoms with Crippen LogP contribution in [0.3, 0.4) is 0 Å². The van der Waals surface area contributed by atoms with Crippen LogP contribution in [-0.2, 0) is 4.79 Å². The second-order valence-corrected chi connectivity index (χ2v) is 5.61. The van der Waals surface area contributed by atoms with Crippen LogP contribution in [0.2, 0.25) is 0 Å². The van der Waals surface area contributed by atoms with Crippen molar-refractivity contribution in [3.63, 3.8) is 0 Å². The Hall–Kier alpha value is -1.62. The van der Waals surface area contributed by atoms with E-state index in [-0.39, 0.29) is 30.4 Å². The summed E-state index contributed by atoms with van der Waals surface area (Å²) in [4.78, 5) is 13.6. The van der Waals surface area contributed by atoms with Gasteiger partial charge in [-0.2, -0.15) is 0 Å². The first-order chi connectivity index (χ1) is 9.85. The summed E-state index contributed by atoms with van der Waals surface area (Å²) >= 11 is 0. The minimum atomic E-state index is -0.334. The van der Waals surface area contributed by atoms with E-state index in [1.807, 2.05) is 32.7 Å². The first-order valence-corrected chi connectivity index (χ1v) is 7.40. The molecule has 1 amide bonds. The molecule has 0 saturated carbocycles. The monoisotopic (exact) mass is 295 g/mol. The third-order valence-electron chi connectivity index (χ3n) is 3.61. The van der Waals surface area contributed by atoms with Gasteiger partial charge in [0.25, 0.3) is 0 Å². The van der Waals surface area contributed by atoms with Crippen molar-refractivity contribution in [2.45, 2.75) is 46.2 Å². The largest absolute Gasteiger partial charge is 0.370 e. The molecule has 0 radical (unpaired) electrons. The average molecular weight is 295 g/mol. The topological polar surface area (TPSA) is 44.4 Å². The molecule has 1 rings (SSSR count). The molecule has 118 valence electrons. The quantitative estimate of drug-likeness (QED) is 0.813. The van der Waals surface area contributed by atoms with Crippen molar-refractivity contribution in [3.05, 3.63) is 24.0 Å². The highest BCUT2D eigenvalue weighted by Gasteiger charge is 2.12. The molecule has 1 aromatic carbocycles. The normalized spacial score (nSPS) is 12.3. The number of carbonyl (C=O) groups excluding carboxylic acids is 1. The molecule has 0 aliphatic rings. The van der Waals surface area contributed by atoms with Gasteiger partial charge in [0, 0.05) is 24.8 Å². The molecule has 4 nitrogen and oxygen atoms in total. The van der Waals surface area contributed by atoms with Crippen molar-refractivity contribution in [1.82, 2.24) is 5.32 Å². The highest BCUT2D eigenvalue weighted by Crippen LogP contribution is 2.23. The van der Waals surface area contributed by atoms with Gasteiger partial charge in [0.1, 0.15) is 5.82 Å². The van der Waals surface area contributed by atoms with Crippen LogP contribution < -0.4 is 15.5 Å². The maximum Gasteiger partial charge on any atom is 0.238 e. The van der Waals surface area contributed by atoms with Gasteiger partial charge in [0.2, 0.25) is 5.91 Å². The molecule has 5 heteroatoms. The number of amides is 1. The van der Waals surface area contributed by atoms with Crippen LogP contribution >= 0.6 is 0 Å². The predicted molar refractivity (Wildman–Crippen MR) is 86.3 cm³/mol. The van der Waals surface area contributed by atoms with Gasteiger partial charge >= 0.3 is 0 Å². The highest BCUT2D eigenvalue weighted by molar-refractivity contribution is 5.92. The molecule has 0 fully saturated rings.